The highest BCUT2D eigenvalue weighted by Crippen LogP contribution is 2.38. The fraction of sp³-hybridized carbons (Fsp3) is 0.455. The van der Waals surface area contributed by atoms with Crippen LogP contribution in [-0.4, -0.2) is 21.2 Å². The van der Waals surface area contributed by atoms with Crippen molar-refractivity contribution in [1.82, 2.24) is 9.97 Å². The summed E-state index contributed by atoms with van der Waals surface area (Å²) in [6, 6.07) is 1.91. The zero-order valence-electron chi connectivity index (χ0n) is 8.07. The lowest BCUT2D eigenvalue weighted by Crippen LogP contribution is -1.95. The molecule has 0 bridgehead atoms. The Labute approximate surface area is 83.2 Å². The van der Waals surface area contributed by atoms with E-state index in [0.717, 1.165) is 5.69 Å². The largest absolute Gasteiger partial charge is 0.381 e. The number of nitrogens with zero attached hydrogens (tertiary/aromatic N) is 2. The van der Waals surface area contributed by atoms with E-state index in [0.29, 0.717) is 11.6 Å². The molecular formula is C11H12N2O. The van der Waals surface area contributed by atoms with Gasteiger partial charge in [-0.1, -0.05) is 5.92 Å². The predicted octanol–water partition coefficient (Wildman–Crippen LogP) is 1.09. The van der Waals surface area contributed by atoms with Crippen LogP contribution in [-0.2, 0) is 0 Å². The normalized spacial score (nSPS) is 17.0. The van der Waals surface area contributed by atoms with Gasteiger partial charge in [-0.2, -0.15) is 0 Å². The lowest BCUT2D eigenvalue weighted by molar-refractivity contribution is 0.253. The number of aromatic nitrogens is 2. The molecule has 1 aromatic rings. The molecule has 0 aromatic carbocycles. The monoisotopic (exact) mass is 188 g/mol. The fourth-order valence-electron chi connectivity index (χ4n) is 1.22. The van der Waals surface area contributed by atoms with Gasteiger partial charge in [0.15, 0.2) is 0 Å². The molecule has 1 aliphatic rings. The van der Waals surface area contributed by atoms with Crippen molar-refractivity contribution in [3.05, 3.63) is 23.8 Å². The number of aliphatic hydroxyl groups excluding tert-OH is 1. The highest BCUT2D eigenvalue weighted by Gasteiger charge is 2.24. The van der Waals surface area contributed by atoms with Gasteiger partial charge in [0.25, 0.3) is 0 Å². The van der Waals surface area contributed by atoms with Gasteiger partial charge < -0.3 is 5.11 Å². The summed E-state index contributed by atoms with van der Waals surface area (Å²) in [5.74, 6) is 6.10. The Bertz CT molecular complexity index is 386. The standard InChI is InChI=1S/C11H12N2O/c1-8(14)2-5-10-6-11(9-3-4-9)13-7-12-10/h6-9,14H,3-4H2,1H3/t8-/m0/s1. The van der Waals surface area contributed by atoms with E-state index in [1.54, 1.807) is 13.3 Å². The van der Waals surface area contributed by atoms with E-state index in [1.165, 1.54) is 12.8 Å². The summed E-state index contributed by atoms with van der Waals surface area (Å²) in [4.78, 5) is 8.21. The highest BCUT2D eigenvalue weighted by molar-refractivity contribution is 5.30. The van der Waals surface area contributed by atoms with Crippen molar-refractivity contribution in [1.29, 1.82) is 0 Å². The molecule has 1 heterocycles. The first kappa shape index (κ1) is 9.17. The van der Waals surface area contributed by atoms with Crippen LogP contribution in [0.3, 0.4) is 0 Å². The van der Waals surface area contributed by atoms with Gasteiger partial charge in [-0.05, 0) is 31.8 Å². The second-order valence-electron chi connectivity index (χ2n) is 3.55. The lowest BCUT2D eigenvalue weighted by atomic mass is 10.2. The highest BCUT2D eigenvalue weighted by atomic mass is 16.3. The molecule has 1 atom stereocenters. The summed E-state index contributed by atoms with van der Waals surface area (Å²) in [6.45, 7) is 1.63. The second kappa shape index (κ2) is 3.77. The summed E-state index contributed by atoms with van der Waals surface area (Å²) in [5.41, 5.74) is 1.78. The molecule has 3 nitrogen and oxygen atoms in total. The van der Waals surface area contributed by atoms with Crippen LogP contribution >= 0.6 is 0 Å². The molecule has 0 spiro atoms. The first-order valence-corrected chi connectivity index (χ1v) is 4.77. The SMILES string of the molecule is C[C@H](O)C#Cc1cc(C2CC2)ncn1. The Balaban J connectivity index is 2.18. The van der Waals surface area contributed by atoms with E-state index in [4.69, 9.17) is 5.11 Å². The van der Waals surface area contributed by atoms with Crippen molar-refractivity contribution >= 4 is 0 Å². The van der Waals surface area contributed by atoms with E-state index in [1.807, 2.05) is 6.07 Å². The lowest BCUT2D eigenvalue weighted by Gasteiger charge is -1.96. The molecule has 2 rings (SSSR count). The third-order valence-electron chi connectivity index (χ3n) is 2.09. The minimum absolute atomic E-state index is 0.602. The number of rotatable bonds is 1. The summed E-state index contributed by atoms with van der Waals surface area (Å²) in [7, 11) is 0. The third kappa shape index (κ3) is 2.30. The Morgan fingerprint density at radius 1 is 1.50 bits per heavy atom. The van der Waals surface area contributed by atoms with E-state index in [2.05, 4.69) is 21.8 Å². The van der Waals surface area contributed by atoms with Crippen LogP contribution in [0.15, 0.2) is 12.4 Å². The van der Waals surface area contributed by atoms with Crippen LogP contribution in [0.2, 0.25) is 0 Å². The third-order valence-corrected chi connectivity index (χ3v) is 2.09. The van der Waals surface area contributed by atoms with Crippen molar-refractivity contribution in [2.45, 2.75) is 31.8 Å². The number of aliphatic hydroxyl groups is 1. The van der Waals surface area contributed by atoms with Crippen LogP contribution in [0.5, 0.6) is 0 Å². The Hall–Kier alpha value is -1.40. The Morgan fingerprint density at radius 2 is 2.29 bits per heavy atom. The molecule has 0 amide bonds. The van der Waals surface area contributed by atoms with Gasteiger partial charge >= 0.3 is 0 Å². The molecule has 0 aliphatic heterocycles. The molecule has 1 N–H and O–H groups in total. The molecule has 1 saturated carbocycles. The van der Waals surface area contributed by atoms with Crippen molar-refractivity contribution in [3.63, 3.8) is 0 Å². The van der Waals surface area contributed by atoms with Gasteiger partial charge in [-0.3, -0.25) is 0 Å². The summed E-state index contributed by atoms with van der Waals surface area (Å²) < 4.78 is 0. The molecule has 1 fully saturated rings. The Morgan fingerprint density at radius 3 is 2.93 bits per heavy atom. The van der Waals surface area contributed by atoms with Gasteiger partial charge in [-0.15, -0.1) is 0 Å². The van der Waals surface area contributed by atoms with Gasteiger partial charge in [0.05, 0.1) is 0 Å². The van der Waals surface area contributed by atoms with Crippen LogP contribution in [0.25, 0.3) is 0 Å². The molecule has 0 saturated heterocycles. The Kier molecular flexibility index (Phi) is 2.47. The number of hydrogen-bond donors (Lipinski definition) is 1. The van der Waals surface area contributed by atoms with Crippen LogP contribution < -0.4 is 0 Å². The molecule has 0 unspecified atom stereocenters. The molecule has 1 aromatic heterocycles. The van der Waals surface area contributed by atoms with E-state index in [-0.39, 0.29) is 0 Å². The molecule has 72 valence electrons. The van der Waals surface area contributed by atoms with Crippen molar-refractivity contribution in [3.8, 4) is 11.8 Å². The van der Waals surface area contributed by atoms with Gasteiger partial charge in [0.2, 0.25) is 0 Å². The molecule has 1 aliphatic carbocycles. The minimum atomic E-state index is -0.602. The zero-order chi connectivity index (χ0) is 9.97. The van der Waals surface area contributed by atoms with Crippen molar-refractivity contribution in [2.75, 3.05) is 0 Å². The van der Waals surface area contributed by atoms with Crippen LogP contribution in [0, 0.1) is 11.8 Å². The topological polar surface area (TPSA) is 46.0 Å². The maximum absolute atomic E-state index is 8.99. The minimum Gasteiger partial charge on any atom is -0.381 e. The molecular weight excluding hydrogens is 176 g/mol. The average Bonchev–Trinajstić information content (AvgIpc) is 2.98. The maximum atomic E-state index is 8.99. The average molecular weight is 188 g/mol. The second-order valence-corrected chi connectivity index (χ2v) is 3.55. The van der Waals surface area contributed by atoms with E-state index >= 15 is 0 Å². The van der Waals surface area contributed by atoms with E-state index in [9.17, 15) is 0 Å². The molecule has 0 radical (unpaired) electrons. The fourth-order valence-corrected chi connectivity index (χ4v) is 1.22. The summed E-state index contributed by atoms with van der Waals surface area (Å²) >= 11 is 0. The quantitative estimate of drug-likeness (QED) is 0.671. The maximum Gasteiger partial charge on any atom is 0.117 e. The number of hydrogen-bond acceptors (Lipinski definition) is 3. The summed E-state index contributed by atoms with van der Waals surface area (Å²) in [6.07, 6.45) is 3.38. The smallest absolute Gasteiger partial charge is 0.117 e. The van der Waals surface area contributed by atoms with Gasteiger partial charge in [0.1, 0.15) is 18.1 Å². The van der Waals surface area contributed by atoms with Crippen LogP contribution in [0.1, 0.15) is 37.1 Å². The van der Waals surface area contributed by atoms with Crippen molar-refractivity contribution < 1.29 is 5.11 Å². The molecule has 3 heteroatoms. The first-order chi connectivity index (χ1) is 6.75. The van der Waals surface area contributed by atoms with Gasteiger partial charge in [-0.25, -0.2) is 9.97 Å². The van der Waals surface area contributed by atoms with Crippen molar-refractivity contribution in [2.24, 2.45) is 0 Å². The van der Waals surface area contributed by atoms with E-state index < -0.39 is 6.10 Å². The summed E-state index contributed by atoms with van der Waals surface area (Å²) in [5, 5.41) is 8.99. The predicted molar refractivity (Wildman–Crippen MR) is 52.6 cm³/mol. The zero-order valence-corrected chi connectivity index (χ0v) is 8.07. The molecule has 14 heavy (non-hydrogen) atoms. The first-order valence-electron chi connectivity index (χ1n) is 4.77. The van der Waals surface area contributed by atoms with Gasteiger partial charge in [0, 0.05) is 11.6 Å². The van der Waals surface area contributed by atoms with Crippen LogP contribution in [0.4, 0.5) is 0 Å².